The van der Waals surface area contributed by atoms with Gasteiger partial charge in [0.15, 0.2) is 0 Å². The SMILES string of the molecule is NNc1nnc(CN2CCOC3CCCC32)s1. The largest absolute Gasteiger partial charge is 0.375 e. The van der Waals surface area contributed by atoms with Crippen molar-refractivity contribution in [3.8, 4) is 0 Å². The van der Waals surface area contributed by atoms with Crippen molar-refractivity contribution >= 4 is 16.5 Å². The lowest BCUT2D eigenvalue weighted by Gasteiger charge is -2.36. The van der Waals surface area contributed by atoms with Gasteiger partial charge in [0.1, 0.15) is 5.01 Å². The van der Waals surface area contributed by atoms with E-state index in [1.165, 1.54) is 30.6 Å². The second-order valence-corrected chi connectivity index (χ2v) is 5.59. The molecule has 1 aromatic heterocycles. The third kappa shape index (κ3) is 2.28. The van der Waals surface area contributed by atoms with E-state index >= 15 is 0 Å². The summed E-state index contributed by atoms with van der Waals surface area (Å²) >= 11 is 1.52. The van der Waals surface area contributed by atoms with E-state index in [4.69, 9.17) is 10.6 Å². The minimum atomic E-state index is 0.434. The van der Waals surface area contributed by atoms with Crippen molar-refractivity contribution in [3.63, 3.8) is 0 Å². The summed E-state index contributed by atoms with van der Waals surface area (Å²) in [6, 6.07) is 0.571. The van der Waals surface area contributed by atoms with Crippen molar-refractivity contribution in [2.75, 3.05) is 18.6 Å². The van der Waals surface area contributed by atoms with Crippen LogP contribution in [0.1, 0.15) is 24.3 Å². The number of hydrogen-bond donors (Lipinski definition) is 2. The van der Waals surface area contributed by atoms with Crippen molar-refractivity contribution in [1.29, 1.82) is 0 Å². The molecule has 1 aromatic rings. The Kier molecular flexibility index (Phi) is 3.24. The van der Waals surface area contributed by atoms with Gasteiger partial charge in [-0.15, -0.1) is 10.2 Å². The molecule has 2 fully saturated rings. The topological polar surface area (TPSA) is 76.3 Å². The van der Waals surface area contributed by atoms with Crippen molar-refractivity contribution in [3.05, 3.63) is 5.01 Å². The van der Waals surface area contributed by atoms with Gasteiger partial charge in [-0.2, -0.15) is 0 Å². The summed E-state index contributed by atoms with van der Waals surface area (Å²) in [6.45, 7) is 2.69. The lowest BCUT2D eigenvalue weighted by atomic mass is 10.1. The Labute approximate surface area is 104 Å². The molecule has 2 unspecified atom stereocenters. The summed E-state index contributed by atoms with van der Waals surface area (Å²) in [5.74, 6) is 5.31. The fraction of sp³-hybridized carbons (Fsp3) is 0.800. The number of aromatic nitrogens is 2. The van der Waals surface area contributed by atoms with E-state index in [0.717, 1.165) is 24.7 Å². The van der Waals surface area contributed by atoms with Crippen LogP contribution in [0.4, 0.5) is 5.13 Å². The maximum atomic E-state index is 5.79. The highest BCUT2D eigenvalue weighted by Gasteiger charge is 2.36. The highest BCUT2D eigenvalue weighted by molar-refractivity contribution is 7.15. The zero-order valence-corrected chi connectivity index (χ0v) is 10.4. The first-order valence-corrected chi connectivity index (χ1v) is 6.83. The van der Waals surface area contributed by atoms with E-state index in [0.29, 0.717) is 17.3 Å². The molecular weight excluding hydrogens is 238 g/mol. The van der Waals surface area contributed by atoms with Crippen LogP contribution in [0.25, 0.3) is 0 Å². The van der Waals surface area contributed by atoms with Crippen molar-refractivity contribution in [2.45, 2.75) is 38.0 Å². The molecule has 1 aliphatic carbocycles. The van der Waals surface area contributed by atoms with Crippen LogP contribution in [0.2, 0.25) is 0 Å². The van der Waals surface area contributed by atoms with Gasteiger partial charge >= 0.3 is 0 Å². The van der Waals surface area contributed by atoms with Gasteiger partial charge in [0.25, 0.3) is 0 Å². The number of nitrogens with zero attached hydrogens (tertiary/aromatic N) is 3. The third-order valence-corrected chi connectivity index (χ3v) is 4.37. The highest BCUT2D eigenvalue weighted by atomic mass is 32.1. The molecule has 0 bridgehead atoms. The second kappa shape index (κ2) is 4.85. The molecule has 1 aliphatic heterocycles. The summed E-state index contributed by atoms with van der Waals surface area (Å²) in [5.41, 5.74) is 2.53. The quantitative estimate of drug-likeness (QED) is 0.608. The number of hydrogen-bond acceptors (Lipinski definition) is 7. The first-order chi connectivity index (χ1) is 8.36. The van der Waals surface area contributed by atoms with Crippen LogP contribution in [-0.4, -0.2) is 40.4 Å². The Morgan fingerprint density at radius 3 is 3.24 bits per heavy atom. The van der Waals surface area contributed by atoms with Gasteiger partial charge in [0, 0.05) is 12.6 Å². The van der Waals surface area contributed by atoms with E-state index in [1.807, 2.05) is 0 Å². The van der Waals surface area contributed by atoms with Crippen LogP contribution >= 0.6 is 11.3 Å². The number of nitrogen functional groups attached to an aromatic ring is 1. The second-order valence-electron chi connectivity index (χ2n) is 4.52. The molecule has 6 nitrogen and oxygen atoms in total. The van der Waals surface area contributed by atoms with Gasteiger partial charge in [-0.1, -0.05) is 11.3 Å². The molecular formula is C10H17N5OS. The molecule has 3 N–H and O–H groups in total. The Morgan fingerprint density at radius 2 is 2.41 bits per heavy atom. The number of rotatable bonds is 3. The van der Waals surface area contributed by atoms with Gasteiger partial charge in [-0.25, -0.2) is 5.84 Å². The van der Waals surface area contributed by atoms with Gasteiger partial charge in [0.05, 0.1) is 19.3 Å². The van der Waals surface area contributed by atoms with Crippen molar-refractivity contribution < 1.29 is 4.74 Å². The van der Waals surface area contributed by atoms with Gasteiger partial charge in [-0.05, 0) is 19.3 Å². The zero-order valence-electron chi connectivity index (χ0n) is 9.63. The Bertz CT molecular complexity index is 385. The Morgan fingerprint density at radius 1 is 1.47 bits per heavy atom. The number of morpholine rings is 1. The molecule has 2 atom stereocenters. The van der Waals surface area contributed by atoms with E-state index in [-0.39, 0.29) is 0 Å². The monoisotopic (exact) mass is 255 g/mol. The molecule has 17 heavy (non-hydrogen) atoms. The number of anilines is 1. The normalized spacial score (nSPS) is 29.2. The smallest absolute Gasteiger partial charge is 0.219 e. The summed E-state index contributed by atoms with van der Waals surface area (Å²) < 4.78 is 5.79. The molecule has 0 aromatic carbocycles. The van der Waals surface area contributed by atoms with E-state index < -0.39 is 0 Å². The molecule has 0 radical (unpaired) electrons. The van der Waals surface area contributed by atoms with E-state index in [2.05, 4.69) is 20.5 Å². The molecule has 1 saturated carbocycles. The minimum absolute atomic E-state index is 0.434. The van der Waals surface area contributed by atoms with Crippen LogP contribution in [0.3, 0.4) is 0 Å². The van der Waals surface area contributed by atoms with Crippen LogP contribution in [0.15, 0.2) is 0 Å². The van der Waals surface area contributed by atoms with Crippen molar-refractivity contribution in [1.82, 2.24) is 15.1 Å². The standard InChI is InChI=1S/C10H17N5OS/c11-12-10-14-13-9(17-10)6-15-4-5-16-8-3-1-2-7(8)15/h7-8H,1-6,11H2,(H,12,14). The number of nitrogens with two attached hydrogens (primary N) is 1. The van der Waals surface area contributed by atoms with E-state index in [1.54, 1.807) is 0 Å². The molecule has 7 heteroatoms. The number of hydrazine groups is 1. The van der Waals surface area contributed by atoms with Gasteiger partial charge in [-0.3, -0.25) is 10.3 Å². The minimum Gasteiger partial charge on any atom is -0.375 e. The van der Waals surface area contributed by atoms with Crippen LogP contribution in [0, 0.1) is 0 Å². The Hall–Kier alpha value is -0.760. The first kappa shape index (κ1) is 11.3. The fourth-order valence-corrected chi connectivity index (χ4v) is 3.43. The number of nitrogens with one attached hydrogen (secondary N) is 1. The molecule has 0 amide bonds. The molecule has 0 spiro atoms. The summed E-state index contributed by atoms with van der Waals surface area (Å²) in [5, 5.41) is 9.80. The summed E-state index contributed by atoms with van der Waals surface area (Å²) in [7, 11) is 0. The molecule has 2 aliphatic rings. The molecule has 3 rings (SSSR count). The predicted octanol–water partition coefficient (Wildman–Crippen LogP) is 0.577. The van der Waals surface area contributed by atoms with Gasteiger partial charge < -0.3 is 4.74 Å². The van der Waals surface area contributed by atoms with Gasteiger partial charge in [0.2, 0.25) is 5.13 Å². The zero-order chi connectivity index (χ0) is 11.7. The molecule has 1 saturated heterocycles. The maximum absolute atomic E-state index is 5.79. The maximum Gasteiger partial charge on any atom is 0.219 e. The lowest BCUT2D eigenvalue weighted by Crippen LogP contribution is -2.47. The molecule has 94 valence electrons. The first-order valence-electron chi connectivity index (χ1n) is 6.01. The molecule has 2 heterocycles. The van der Waals surface area contributed by atoms with E-state index in [9.17, 15) is 0 Å². The fourth-order valence-electron chi connectivity index (χ4n) is 2.75. The van der Waals surface area contributed by atoms with Crippen LogP contribution < -0.4 is 11.3 Å². The summed E-state index contributed by atoms with van der Waals surface area (Å²) in [6.07, 6.45) is 4.15. The Balaban J connectivity index is 1.67. The summed E-state index contributed by atoms with van der Waals surface area (Å²) in [4.78, 5) is 2.47. The third-order valence-electron chi connectivity index (χ3n) is 3.53. The van der Waals surface area contributed by atoms with Crippen molar-refractivity contribution in [2.24, 2.45) is 5.84 Å². The highest BCUT2D eigenvalue weighted by Crippen LogP contribution is 2.31. The average molecular weight is 255 g/mol. The van der Waals surface area contributed by atoms with Crippen LogP contribution in [-0.2, 0) is 11.3 Å². The number of ether oxygens (including phenoxy) is 1. The predicted molar refractivity (Wildman–Crippen MR) is 65.5 cm³/mol. The average Bonchev–Trinajstić information content (AvgIpc) is 2.97. The van der Waals surface area contributed by atoms with Crippen LogP contribution in [0.5, 0.6) is 0 Å². The number of fused-ring (bicyclic) bond motifs is 1. The lowest BCUT2D eigenvalue weighted by molar-refractivity contribution is -0.0588.